The van der Waals surface area contributed by atoms with E-state index < -0.39 is 0 Å². The number of carbonyl (C=O) groups excluding carboxylic acids is 1. The zero-order valence-corrected chi connectivity index (χ0v) is 11.8. The Morgan fingerprint density at radius 3 is 2.78 bits per heavy atom. The first kappa shape index (κ1) is 13.8. The molecule has 0 aromatic heterocycles. The molecule has 4 nitrogen and oxygen atoms in total. The van der Waals surface area contributed by atoms with Crippen LogP contribution in [0.5, 0.6) is 0 Å². The number of nitrogens with zero attached hydrogens (tertiary/aromatic N) is 1. The van der Waals surface area contributed by atoms with Crippen molar-refractivity contribution in [3.8, 4) is 0 Å². The molecule has 0 amide bonds. The zero-order valence-electron chi connectivity index (χ0n) is 11.8. The molecule has 1 aliphatic heterocycles. The van der Waals surface area contributed by atoms with Crippen molar-refractivity contribution >= 4 is 5.97 Å². The van der Waals surface area contributed by atoms with E-state index >= 15 is 0 Å². The second-order valence-corrected chi connectivity index (χ2v) is 6.12. The molecule has 0 radical (unpaired) electrons. The second kappa shape index (κ2) is 6.02. The molecule has 0 aromatic rings. The molecule has 2 fully saturated rings. The lowest BCUT2D eigenvalue weighted by Crippen LogP contribution is -2.40. The molecule has 1 heterocycles. The van der Waals surface area contributed by atoms with Gasteiger partial charge in [-0.1, -0.05) is 12.8 Å². The third-order valence-corrected chi connectivity index (χ3v) is 4.09. The zero-order chi connectivity index (χ0) is 13.1. The molecule has 1 saturated carbocycles. The van der Waals surface area contributed by atoms with Crippen molar-refractivity contribution in [2.24, 2.45) is 5.92 Å². The van der Waals surface area contributed by atoms with Gasteiger partial charge in [0.05, 0.1) is 0 Å². The van der Waals surface area contributed by atoms with Crippen LogP contribution in [0.2, 0.25) is 0 Å². The van der Waals surface area contributed by atoms with Gasteiger partial charge in [-0.05, 0) is 46.2 Å². The Bertz CT molecular complexity index is 280. The molecule has 0 spiro atoms. The van der Waals surface area contributed by atoms with Crippen molar-refractivity contribution in [3.05, 3.63) is 0 Å². The predicted octanol–water partition coefficient (Wildman–Crippen LogP) is 1.40. The summed E-state index contributed by atoms with van der Waals surface area (Å²) in [5, 5.41) is 3.46. The minimum absolute atomic E-state index is 0.0306. The lowest BCUT2D eigenvalue weighted by molar-refractivity contribution is -0.151. The topological polar surface area (TPSA) is 41.6 Å². The molecular formula is C14H26N2O2. The maximum Gasteiger partial charge on any atom is 0.323 e. The number of hydrogen-bond donors (Lipinski definition) is 1. The predicted molar refractivity (Wildman–Crippen MR) is 71.4 cm³/mol. The van der Waals surface area contributed by atoms with E-state index in [0.717, 1.165) is 13.0 Å². The van der Waals surface area contributed by atoms with Crippen LogP contribution in [-0.2, 0) is 9.53 Å². The Labute approximate surface area is 110 Å². The highest BCUT2D eigenvalue weighted by atomic mass is 16.5. The lowest BCUT2D eigenvalue weighted by Gasteiger charge is -2.24. The Kier molecular flexibility index (Phi) is 4.62. The van der Waals surface area contributed by atoms with E-state index in [0.29, 0.717) is 12.0 Å². The molecule has 18 heavy (non-hydrogen) atoms. The number of ether oxygens (including phenoxy) is 1. The largest absolute Gasteiger partial charge is 0.460 e. The second-order valence-electron chi connectivity index (χ2n) is 6.12. The number of nitrogens with one attached hydrogen (secondary N) is 1. The van der Waals surface area contributed by atoms with Gasteiger partial charge in [-0.3, -0.25) is 4.79 Å². The quantitative estimate of drug-likeness (QED) is 0.770. The standard InChI is InChI=1S/C14H26N2O2/c1-10(9-16(2)3)18-14(17)13-8-11-6-4-5-7-12(11)15-13/h10-13,15H,4-9H2,1-3H3. The van der Waals surface area contributed by atoms with E-state index in [4.69, 9.17) is 4.74 Å². The number of hydrogen-bond acceptors (Lipinski definition) is 4. The molecule has 0 bridgehead atoms. The molecule has 1 saturated heterocycles. The first-order chi connectivity index (χ1) is 8.56. The number of rotatable bonds is 4. The maximum atomic E-state index is 12.1. The van der Waals surface area contributed by atoms with Crippen LogP contribution in [0.25, 0.3) is 0 Å². The van der Waals surface area contributed by atoms with E-state index in [9.17, 15) is 4.79 Å². The molecule has 4 unspecified atom stereocenters. The first-order valence-electron chi connectivity index (χ1n) is 7.17. The molecule has 4 heteroatoms. The highest BCUT2D eigenvalue weighted by molar-refractivity contribution is 5.76. The van der Waals surface area contributed by atoms with Gasteiger partial charge in [0.1, 0.15) is 12.1 Å². The molecular weight excluding hydrogens is 228 g/mol. The highest BCUT2D eigenvalue weighted by Crippen LogP contribution is 2.33. The molecule has 1 aliphatic carbocycles. The number of carbonyl (C=O) groups is 1. The Morgan fingerprint density at radius 1 is 1.39 bits per heavy atom. The van der Waals surface area contributed by atoms with Crippen LogP contribution in [0.15, 0.2) is 0 Å². The van der Waals surface area contributed by atoms with Gasteiger partial charge in [0.2, 0.25) is 0 Å². The summed E-state index contributed by atoms with van der Waals surface area (Å²) in [6, 6.07) is 0.489. The van der Waals surface area contributed by atoms with Gasteiger partial charge >= 0.3 is 5.97 Å². The summed E-state index contributed by atoms with van der Waals surface area (Å²) in [5.41, 5.74) is 0. The van der Waals surface area contributed by atoms with Gasteiger partial charge in [-0.25, -0.2) is 0 Å². The molecule has 0 aromatic carbocycles. The van der Waals surface area contributed by atoms with E-state index in [2.05, 4.69) is 5.32 Å². The van der Waals surface area contributed by atoms with Crippen molar-refractivity contribution in [3.63, 3.8) is 0 Å². The normalized spacial score (nSPS) is 33.2. The van der Waals surface area contributed by atoms with Crippen molar-refractivity contribution in [1.29, 1.82) is 0 Å². The Hall–Kier alpha value is -0.610. The van der Waals surface area contributed by atoms with Gasteiger partial charge in [-0.2, -0.15) is 0 Å². The summed E-state index contributed by atoms with van der Waals surface area (Å²) < 4.78 is 5.51. The fourth-order valence-corrected chi connectivity index (χ4v) is 3.33. The third-order valence-electron chi connectivity index (χ3n) is 4.09. The van der Waals surface area contributed by atoms with Crippen LogP contribution in [0.4, 0.5) is 0 Å². The summed E-state index contributed by atoms with van der Waals surface area (Å²) in [7, 11) is 3.99. The van der Waals surface area contributed by atoms with Crippen molar-refractivity contribution in [1.82, 2.24) is 10.2 Å². The lowest BCUT2D eigenvalue weighted by atomic mass is 9.85. The van der Waals surface area contributed by atoms with E-state index in [-0.39, 0.29) is 18.1 Å². The van der Waals surface area contributed by atoms with Gasteiger partial charge in [0, 0.05) is 12.6 Å². The Balaban J connectivity index is 1.79. The minimum atomic E-state index is -0.0669. The monoisotopic (exact) mass is 254 g/mol. The van der Waals surface area contributed by atoms with Crippen molar-refractivity contribution in [2.75, 3.05) is 20.6 Å². The van der Waals surface area contributed by atoms with Gasteiger partial charge in [-0.15, -0.1) is 0 Å². The summed E-state index contributed by atoms with van der Waals surface area (Å²) in [6.07, 6.45) is 6.06. The van der Waals surface area contributed by atoms with Gasteiger partial charge < -0.3 is 15.0 Å². The fourth-order valence-electron chi connectivity index (χ4n) is 3.33. The van der Waals surface area contributed by atoms with Crippen LogP contribution >= 0.6 is 0 Å². The average molecular weight is 254 g/mol. The molecule has 104 valence electrons. The van der Waals surface area contributed by atoms with Crippen LogP contribution in [-0.4, -0.2) is 49.7 Å². The van der Waals surface area contributed by atoms with E-state index in [1.165, 1.54) is 25.7 Å². The molecule has 2 aliphatic rings. The third kappa shape index (κ3) is 3.45. The van der Waals surface area contributed by atoms with Gasteiger partial charge in [0.15, 0.2) is 0 Å². The molecule has 2 rings (SSSR count). The van der Waals surface area contributed by atoms with Crippen molar-refractivity contribution in [2.45, 2.75) is 57.2 Å². The minimum Gasteiger partial charge on any atom is -0.460 e. The fraction of sp³-hybridized carbons (Fsp3) is 0.929. The number of likely N-dealkylation sites (N-methyl/N-ethyl adjacent to an activating group) is 1. The molecule has 1 N–H and O–H groups in total. The summed E-state index contributed by atoms with van der Waals surface area (Å²) in [6.45, 7) is 2.74. The average Bonchev–Trinajstić information content (AvgIpc) is 2.71. The SMILES string of the molecule is CC(CN(C)C)OC(=O)C1CC2CCCCC2N1. The van der Waals surface area contributed by atoms with Crippen LogP contribution < -0.4 is 5.32 Å². The number of esters is 1. The van der Waals surface area contributed by atoms with E-state index in [1.807, 2.05) is 25.9 Å². The van der Waals surface area contributed by atoms with Crippen LogP contribution in [0, 0.1) is 5.92 Å². The molecule has 4 atom stereocenters. The van der Waals surface area contributed by atoms with Gasteiger partial charge in [0.25, 0.3) is 0 Å². The maximum absolute atomic E-state index is 12.1. The smallest absolute Gasteiger partial charge is 0.323 e. The van der Waals surface area contributed by atoms with Crippen molar-refractivity contribution < 1.29 is 9.53 Å². The summed E-state index contributed by atoms with van der Waals surface area (Å²) >= 11 is 0. The van der Waals surface area contributed by atoms with Crippen LogP contribution in [0.3, 0.4) is 0 Å². The summed E-state index contributed by atoms with van der Waals surface area (Å²) in [5.74, 6) is 0.638. The number of fused-ring (bicyclic) bond motifs is 1. The summed E-state index contributed by atoms with van der Waals surface area (Å²) in [4.78, 5) is 14.1. The Morgan fingerprint density at radius 2 is 2.11 bits per heavy atom. The van der Waals surface area contributed by atoms with E-state index in [1.54, 1.807) is 0 Å². The van der Waals surface area contributed by atoms with Crippen LogP contribution in [0.1, 0.15) is 39.0 Å². The highest BCUT2D eigenvalue weighted by Gasteiger charge is 2.39. The first-order valence-corrected chi connectivity index (χ1v) is 7.17.